The van der Waals surface area contributed by atoms with Crippen LogP contribution in [0.4, 0.5) is 11.4 Å². The molecular formula is C18H20N2O5S. The molecule has 0 spiro atoms. The summed E-state index contributed by atoms with van der Waals surface area (Å²) in [6.07, 6.45) is 1.07. The average Bonchev–Trinajstić information content (AvgIpc) is 2.61. The number of benzene rings is 2. The summed E-state index contributed by atoms with van der Waals surface area (Å²) >= 11 is 0. The second-order valence-electron chi connectivity index (χ2n) is 5.92. The highest BCUT2D eigenvalue weighted by Crippen LogP contribution is 2.35. The summed E-state index contributed by atoms with van der Waals surface area (Å²) < 4.78 is 36.8. The fraction of sp³-hybridized carbons (Fsp3) is 0.278. The van der Waals surface area contributed by atoms with Gasteiger partial charge in [-0.2, -0.15) is 0 Å². The second-order valence-corrected chi connectivity index (χ2v) is 7.78. The first kappa shape index (κ1) is 18.1. The lowest BCUT2D eigenvalue weighted by atomic mass is 10.2. The topological polar surface area (TPSA) is 84.9 Å². The molecule has 26 heavy (non-hydrogen) atoms. The lowest BCUT2D eigenvalue weighted by Gasteiger charge is -2.29. The van der Waals surface area contributed by atoms with Gasteiger partial charge in [-0.05, 0) is 31.2 Å². The number of anilines is 2. The van der Waals surface area contributed by atoms with Crippen LogP contribution >= 0.6 is 0 Å². The molecule has 1 aliphatic rings. The predicted octanol–water partition coefficient (Wildman–Crippen LogP) is 2.25. The van der Waals surface area contributed by atoms with Gasteiger partial charge in [0, 0.05) is 11.8 Å². The monoisotopic (exact) mass is 376 g/mol. The van der Waals surface area contributed by atoms with E-state index in [-0.39, 0.29) is 0 Å². The van der Waals surface area contributed by atoms with E-state index in [1.807, 2.05) is 6.07 Å². The van der Waals surface area contributed by atoms with Gasteiger partial charge >= 0.3 is 0 Å². The summed E-state index contributed by atoms with van der Waals surface area (Å²) in [5.41, 5.74) is 0.937. The highest BCUT2D eigenvalue weighted by atomic mass is 32.2. The number of hydrogen-bond donors (Lipinski definition) is 1. The summed E-state index contributed by atoms with van der Waals surface area (Å²) in [5.74, 6) is 0.574. The number of sulfonamides is 1. The number of amides is 1. The zero-order valence-corrected chi connectivity index (χ0v) is 15.3. The van der Waals surface area contributed by atoms with Gasteiger partial charge in [-0.15, -0.1) is 0 Å². The van der Waals surface area contributed by atoms with Gasteiger partial charge in [-0.25, -0.2) is 8.42 Å². The largest absolute Gasteiger partial charge is 0.486 e. The third-order valence-corrected chi connectivity index (χ3v) is 5.15. The zero-order valence-electron chi connectivity index (χ0n) is 14.5. The Morgan fingerprint density at radius 3 is 2.38 bits per heavy atom. The van der Waals surface area contributed by atoms with Crippen LogP contribution in [-0.4, -0.2) is 39.8 Å². The SMILES string of the molecule is C[C@H](C(=O)Nc1ccccc1)N(c1ccc2c(c1)OCCO2)S(C)(=O)=O. The van der Waals surface area contributed by atoms with E-state index >= 15 is 0 Å². The summed E-state index contributed by atoms with van der Waals surface area (Å²) in [5, 5.41) is 2.73. The normalized spacial score (nSPS) is 14.4. The van der Waals surface area contributed by atoms with Crippen molar-refractivity contribution in [3.05, 3.63) is 48.5 Å². The number of rotatable bonds is 5. The van der Waals surface area contributed by atoms with Gasteiger partial charge < -0.3 is 14.8 Å². The first-order chi connectivity index (χ1) is 12.4. The van der Waals surface area contributed by atoms with E-state index in [1.54, 1.807) is 42.5 Å². The Bertz CT molecular complexity index is 899. The van der Waals surface area contributed by atoms with Crippen molar-refractivity contribution in [1.82, 2.24) is 0 Å². The quantitative estimate of drug-likeness (QED) is 0.865. The average molecular weight is 376 g/mol. The number of para-hydroxylation sites is 1. The lowest BCUT2D eigenvalue weighted by molar-refractivity contribution is -0.116. The Morgan fingerprint density at radius 2 is 1.73 bits per heavy atom. The van der Waals surface area contributed by atoms with Gasteiger partial charge in [-0.3, -0.25) is 9.10 Å². The molecule has 0 aliphatic carbocycles. The number of fused-ring (bicyclic) bond motifs is 1. The molecule has 0 saturated heterocycles. The van der Waals surface area contributed by atoms with E-state index in [0.29, 0.717) is 36.1 Å². The first-order valence-corrected chi connectivity index (χ1v) is 9.96. The molecular weight excluding hydrogens is 356 g/mol. The summed E-state index contributed by atoms with van der Waals surface area (Å²) in [6, 6.07) is 12.7. The van der Waals surface area contributed by atoms with Gasteiger partial charge in [0.25, 0.3) is 0 Å². The minimum atomic E-state index is -3.70. The van der Waals surface area contributed by atoms with Crippen molar-refractivity contribution in [2.75, 3.05) is 29.1 Å². The van der Waals surface area contributed by atoms with Crippen molar-refractivity contribution in [1.29, 1.82) is 0 Å². The van der Waals surface area contributed by atoms with Gasteiger partial charge in [0.05, 0.1) is 11.9 Å². The molecule has 3 rings (SSSR count). The molecule has 0 radical (unpaired) electrons. The van der Waals surface area contributed by atoms with E-state index in [1.165, 1.54) is 6.92 Å². The van der Waals surface area contributed by atoms with Crippen LogP contribution in [0.15, 0.2) is 48.5 Å². The van der Waals surface area contributed by atoms with E-state index in [0.717, 1.165) is 10.6 Å². The number of ether oxygens (including phenoxy) is 2. The van der Waals surface area contributed by atoms with Crippen LogP contribution in [0.3, 0.4) is 0 Å². The molecule has 0 aromatic heterocycles. The van der Waals surface area contributed by atoms with Crippen molar-refractivity contribution >= 4 is 27.3 Å². The van der Waals surface area contributed by atoms with Crippen molar-refractivity contribution in [3.8, 4) is 11.5 Å². The van der Waals surface area contributed by atoms with Crippen LogP contribution in [0.1, 0.15) is 6.92 Å². The van der Waals surface area contributed by atoms with Crippen molar-refractivity contribution in [2.24, 2.45) is 0 Å². The molecule has 1 amide bonds. The molecule has 7 nitrogen and oxygen atoms in total. The molecule has 1 N–H and O–H groups in total. The zero-order chi connectivity index (χ0) is 18.7. The molecule has 1 heterocycles. The first-order valence-electron chi connectivity index (χ1n) is 8.11. The fourth-order valence-electron chi connectivity index (χ4n) is 2.75. The van der Waals surface area contributed by atoms with Crippen LogP contribution in [0.25, 0.3) is 0 Å². The van der Waals surface area contributed by atoms with Crippen LogP contribution in [0.5, 0.6) is 11.5 Å². The van der Waals surface area contributed by atoms with Crippen molar-refractivity contribution in [3.63, 3.8) is 0 Å². The molecule has 2 aromatic rings. The Kier molecular flexibility index (Phi) is 5.03. The van der Waals surface area contributed by atoms with E-state index in [4.69, 9.17) is 9.47 Å². The maximum atomic E-state index is 12.6. The van der Waals surface area contributed by atoms with E-state index in [9.17, 15) is 13.2 Å². The fourth-order valence-corrected chi connectivity index (χ4v) is 3.91. The van der Waals surface area contributed by atoms with Crippen molar-refractivity contribution < 1.29 is 22.7 Å². The molecule has 2 aromatic carbocycles. The van der Waals surface area contributed by atoms with Crippen LogP contribution in [-0.2, 0) is 14.8 Å². The molecule has 1 atom stereocenters. The third kappa shape index (κ3) is 3.91. The van der Waals surface area contributed by atoms with E-state index < -0.39 is 22.0 Å². The number of carbonyl (C=O) groups excluding carboxylic acids is 1. The molecule has 0 fully saturated rings. The number of carbonyl (C=O) groups is 1. The molecule has 0 bridgehead atoms. The van der Waals surface area contributed by atoms with Crippen LogP contribution in [0, 0.1) is 0 Å². The maximum Gasteiger partial charge on any atom is 0.247 e. The standard InChI is InChI=1S/C18H20N2O5S/c1-13(18(21)19-14-6-4-3-5-7-14)20(26(2,22)23)15-8-9-16-17(12-15)25-11-10-24-16/h3-9,12-13H,10-11H2,1-2H3,(H,19,21)/t13-/m1/s1. The summed E-state index contributed by atoms with van der Waals surface area (Å²) in [6.45, 7) is 2.37. The smallest absolute Gasteiger partial charge is 0.247 e. The minimum Gasteiger partial charge on any atom is -0.486 e. The lowest BCUT2D eigenvalue weighted by Crippen LogP contribution is -2.45. The maximum absolute atomic E-state index is 12.6. The predicted molar refractivity (Wildman–Crippen MR) is 99.3 cm³/mol. The Labute approximate surface area is 152 Å². The third-order valence-electron chi connectivity index (χ3n) is 3.91. The van der Waals surface area contributed by atoms with Gasteiger partial charge in [0.2, 0.25) is 15.9 Å². The summed E-state index contributed by atoms with van der Waals surface area (Å²) in [7, 11) is -3.70. The highest BCUT2D eigenvalue weighted by Gasteiger charge is 2.30. The Morgan fingerprint density at radius 1 is 1.08 bits per heavy atom. The Hall–Kier alpha value is -2.74. The van der Waals surface area contributed by atoms with Gasteiger partial charge in [-0.1, -0.05) is 18.2 Å². The molecule has 0 saturated carbocycles. The molecule has 8 heteroatoms. The van der Waals surface area contributed by atoms with Crippen LogP contribution < -0.4 is 19.1 Å². The molecule has 0 unspecified atom stereocenters. The van der Waals surface area contributed by atoms with Crippen molar-refractivity contribution in [2.45, 2.75) is 13.0 Å². The highest BCUT2D eigenvalue weighted by molar-refractivity contribution is 7.92. The summed E-state index contributed by atoms with van der Waals surface area (Å²) in [4.78, 5) is 12.6. The number of nitrogens with one attached hydrogen (secondary N) is 1. The second kappa shape index (κ2) is 7.25. The van der Waals surface area contributed by atoms with E-state index in [2.05, 4.69) is 5.32 Å². The molecule has 138 valence electrons. The van der Waals surface area contributed by atoms with Gasteiger partial charge in [0.15, 0.2) is 11.5 Å². The number of hydrogen-bond acceptors (Lipinski definition) is 5. The van der Waals surface area contributed by atoms with Crippen LogP contribution in [0.2, 0.25) is 0 Å². The van der Waals surface area contributed by atoms with Gasteiger partial charge in [0.1, 0.15) is 19.3 Å². The molecule has 1 aliphatic heterocycles. The Balaban J connectivity index is 1.90. The minimum absolute atomic E-state index is 0.340. The number of nitrogens with zero attached hydrogens (tertiary/aromatic N) is 1.